The number of unbranched alkanes of at least 4 members (excludes halogenated alkanes) is 1. The highest BCUT2D eigenvalue weighted by molar-refractivity contribution is 8.00. The first-order valence-electron chi connectivity index (χ1n) is 14.1. The van der Waals surface area contributed by atoms with Gasteiger partial charge in [0.15, 0.2) is 27.4 Å². The number of methoxy groups -OCH3 is 1. The number of halogens is 2. The summed E-state index contributed by atoms with van der Waals surface area (Å²) in [5.41, 5.74) is 2.11. The Morgan fingerprint density at radius 2 is 1.89 bits per heavy atom. The molecule has 1 aromatic heterocycles. The van der Waals surface area contributed by atoms with Crippen molar-refractivity contribution in [3.05, 3.63) is 111 Å². The number of ketones is 1. The van der Waals surface area contributed by atoms with Gasteiger partial charge in [-0.2, -0.15) is 0 Å². The molecule has 5 rings (SSSR count). The number of amides is 1. The highest BCUT2D eigenvalue weighted by Crippen LogP contribution is 2.45. The minimum atomic E-state index is -1.000. The highest BCUT2D eigenvalue weighted by atomic mass is 35.5. The fourth-order valence-electron chi connectivity index (χ4n) is 4.63. The number of aliphatic hydroxyl groups excluding tert-OH is 1. The molecule has 0 aliphatic carbocycles. The van der Waals surface area contributed by atoms with Gasteiger partial charge in [0, 0.05) is 15.8 Å². The van der Waals surface area contributed by atoms with Crippen LogP contribution in [0, 0.1) is 0 Å². The molecule has 1 N–H and O–H groups in total. The lowest BCUT2D eigenvalue weighted by Crippen LogP contribution is -2.30. The maximum atomic E-state index is 13.7. The number of allylic oxidation sites excluding steroid dienone is 1. The van der Waals surface area contributed by atoms with Gasteiger partial charge in [0.05, 0.1) is 25.3 Å². The van der Waals surface area contributed by atoms with Crippen LogP contribution < -0.4 is 14.4 Å². The van der Waals surface area contributed by atoms with E-state index in [9.17, 15) is 14.7 Å². The van der Waals surface area contributed by atoms with Crippen LogP contribution in [0.1, 0.15) is 42.5 Å². The standard InChI is InChI=1S/C33H29Cl2N3O5S2/c1-3-4-16-43-26-15-12-21(17-27(26)42-2)29-28(25(39)14-10-20-8-6-5-7-9-20)30(40)31(41)38(29)32-36-37-33(45-32)44-19-22-11-13-23(34)18-24(22)35/h5-15,17-18,29,40H,3-4,16,19H2,1-2H3. The van der Waals surface area contributed by atoms with Crippen molar-refractivity contribution in [3.63, 3.8) is 0 Å². The maximum Gasteiger partial charge on any atom is 0.296 e. The molecule has 3 aromatic carbocycles. The van der Waals surface area contributed by atoms with Crippen LogP contribution in [-0.2, 0) is 15.3 Å². The van der Waals surface area contributed by atoms with Gasteiger partial charge < -0.3 is 14.6 Å². The Labute approximate surface area is 279 Å². The van der Waals surface area contributed by atoms with Crippen molar-refractivity contribution in [1.29, 1.82) is 0 Å². The van der Waals surface area contributed by atoms with E-state index < -0.39 is 23.5 Å². The number of carbonyl (C=O) groups excluding carboxylic acids is 2. The van der Waals surface area contributed by atoms with E-state index in [1.807, 2.05) is 36.4 Å². The molecule has 1 aliphatic heterocycles. The zero-order valence-corrected chi connectivity index (χ0v) is 27.6. The second-order valence-electron chi connectivity index (χ2n) is 9.94. The molecule has 1 unspecified atom stereocenters. The fraction of sp³-hybridized carbons (Fsp3) is 0.212. The molecular formula is C33H29Cl2N3O5S2. The number of carbonyl (C=O) groups is 2. The number of nitrogens with zero attached hydrogens (tertiary/aromatic N) is 3. The molecule has 0 bridgehead atoms. The topological polar surface area (TPSA) is 102 Å². The van der Waals surface area contributed by atoms with Crippen LogP contribution in [0.25, 0.3) is 6.08 Å². The summed E-state index contributed by atoms with van der Waals surface area (Å²) < 4.78 is 12.1. The molecule has 2 heterocycles. The van der Waals surface area contributed by atoms with Gasteiger partial charge in [0.2, 0.25) is 5.13 Å². The van der Waals surface area contributed by atoms with Gasteiger partial charge in [-0.05, 0) is 53.5 Å². The number of hydrogen-bond donors (Lipinski definition) is 1. The molecule has 12 heteroatoms. The van der Waals surface area contributed by atoms with E-state index in [-0.39, 0.29) is 10.7 Å². The van der Waals surface area contributed by atoms with E-state index >= 15 is 0 Å². The minimum absolute atomic E-state index is 0.0776. The van der Waals surface area contributed by atoms with E-state index in [4.69, 9.17) is 32.7 Å². The van der Waals surface area contributed by atoms with Crippen LogP contribution in [0.4, 0.5) is 5.13 Å². The van der Waals surface area contributed by atoms with Crippen LogP contribution in [0.15, 0.2) is 88.5 Å². The Morgan fingerprint density at radius 1 is 1.09 bits per heavy atom. The Morgan fingerprint density at radius 3 is 2.62 bits per heavy atom. The summed E-state index contributed by atoms with van der Waals surface area (Å²) in [5, 5.41) is 21.0. The number of aliphatic hydroxyl groups is 1. The van der Waals surface area contributed by atoms with Crippen LogP contribution in [0.3, 0.4) is 0 Å². The Hall–Kier alpha value is -3.83. The SMILES string of the molecule is CCCCOc1ccc(C2C(C(=O)C=Cc3ccccc3)=C(O)C(=O)N2c2nnc(SCc3ccc(Cl)cc3Cl)s2)cc1OC. The van der Waals surface area contributed by atoms with E-state index in [1.54, 1.807) is 36.4 Å². The highest BCUT2D eigenvalue weighted by Gasteiger charge is 2.45. The fourth-order valence-corrected chi connectivity index (χ4v) is 7.06. The normalized spacial score (nSPS) is 14.9. The van der Waals surface area contributed by atoms with Gasteiger partial charge in [-0.3, -0.25) is 14.5 Å². The van der Waals surface area contributed by atoms with Crippen molar-refractivity contribution in [2.75, 3.05) is 18.6 Å². The molecule has 0 fully saturated rings. The van der Waals surface area contributed by atoms with Crippen molar-refractivity contribution < 1.29 is 24.2 Å². The van der Waals surface area contributed by atoms with Crippen molar-refractivity contribution in [2.45, 2.75) is 35.9 Å². The summed E-state index contributed by atoms with van der Waals surface area (Å²) in [6.07, 6.45) is 4.84. The Bertz CT molecular complexity index is 1760. The summed E-state index contributed by atoms with van der Waals surface area (Å²) in [7, 11) is 1.52. The summed E-state index contributed by atoms with van der Waals surface area (Å²) in [5.74, 6) is -0.463. The van der Waals surface area contributed by atoms with E-state index in [0.717, 1.165) is 24.0 Å². The minimum Gasteiger partial charge on any atom is -0.503 e. The molecule has 45 heavy (non-hydrogen) atoms. The second kappa shape index (κ2) is 15.0. The summed E-state index contributed by atoms with van der Waals surface area (Å²) in [4.78, 5) is 28.6. The molecule has 0 saturated carbocycles. The van der Waals surface area contributed by atoms with E-state index in [1.165, 1.54) is 41.2 Å². The number of rotatable bonds is 13. The molecular weight excluding hydrogens is 653 g/mol. The summed E-state index contributed by atoms with van der Waals surface area (Å²) in [6, 6.07) is 18.7. The molecule has 0 radical (unpaired) electrons. The maximum absolute atomic E-state index is 13.7. The molecule has 1 amide bonds. The van der Waals surface area contributed by atoms with Crippen molar-refractivity contribution in [3.8, 4) is 11.5 Å². The third-order valence-electron chi connectivity index (χ3n) is 6.93. The summed E-state index contributed by atoms with van der Waals surface area (Å²) in [6.45, 7) is 2.59. The Kier molecular flexibility index (Phi) is 10.8. The van der Waals surface area contributed by atoms with Gasteiger partial charge in [-0.25, -0.2) is 0 Å². The van der Waals surface area contributed by atoms with Crippen LogP contribution in [0.2, 0.25) is 10.0 Å². The monoisotopic (exact) mass is 681 g/mol. The smallest absolute Gasteiger partial charge is 0.296 e. The van der Waals surface area contributed by atoms with Gasteiger partial charge >= 0.3 is 0 Å². The predicted octanol–water partition coefficient (Wildman–Crippen LogP) is 8.51. The zero-order valence-electron chi connectivity index (χ0n) is 24.4. The first kappa shape index (κ1) is 32.6. The van der Waals surface area contributed by atoms with Crippen molar-refractivity contribution >= 4 is 69.2 Å². The molecule has 1 aliphatic rings. The number of anilines is 1. The number of benzene rings is 3. The predicted molar refractivity (Wildman–Crippen MR) is 180 cm³/mol. The van der Waals surface area contributed by atoms with Gasteiger partial charge in [0.25, 0.3) is 5.91 Å². The molecule has 4 aromatic rings. The first-order valence-corrected chi connectivity index (χ1v) is 16.6. The molecule has 0 saturated heterocycles. The second-order valence-corrected chi connectivity index (χ2v) is 13.0. The lowest BCUT2D eigenvalue weighted by molar-refractivity contribution is -0.117. The van der Waals surface area contributed by atoms with Crippen LogP contribution in [-0.4, -0.2) is 40.7 Å². The first-order chi connectivity index (χ1) is 21.8. The number of hydrogen-bond acceptors (Lipinski definition) is 9. The third-order valence-corrected chi connectivity index (χ3v) is 9.62. The average Bonchev–Trinajstić information content (AvgIpc) is 3.61. The number of aromatic nitrogens is 2. The zero-order chi connectivity index (χ0) is 31.9. The molecule has 0 spiro atoms. The largest absolute Gasteiger partial charge is 0.503 e. The van der Waals surface area contributed by atoms with Gasteiger partial charge in [0.1, 0.15) is 0 Å². The Balaban J connectivity index is 1.49. The lowest BCUT2D eigenvalue weighted by atomic mass is 9.95. The van der Waals surface area contributed by atoms with Crippen LogP contribution in [0.5, 0.6) is 11.5 Å². The quantitative estimate of drug-likeness (QED) is 0.0649. The van der Waals surface area contributed by atoms with Gasteiger partial charge in [-0.1, -0.05) is 108 Å². The van der Waals surface area contributed by atoms with Crippen LogP contribution >= 0.6 is 46.3 Å². The number of ether oxygens (including phenoxy) is 2. The molecule has 8 nitrogen and oxygen atoms in total. The average molecular weight is 683 g/mol. The summed E-state index contributed by atoms with van der Waals surface area (Å²) >= 11 is 14.9. The molecule has 232 valence electrons. The number of thioether (sulfide) groups is 1. The van der Waals surface area contributed by atoms with E-state index in [0.29, 0.717) is 43.8 Å². The van der Waals surface area contributed by atoms with Gasteiger partial charge in [-0.15, -0.1) is 10.2 Å². The third kappa shape index (κ3) is 7.53. The lowest BCUT2D eigenvalue weighted by Gasteiger charge is -2.24. The van der Waals surface area contributed by atoms with Crippen molar-refractivity contribution in [2.24, 2.45) is 0 Å². The van der Waals surface area contributed by atoms with E-state index in [2.05, 4.69) is 17.1 Å². The van der Waals surface area contributed by atoms with Crippen molar-refractivity contribution in [1.82, 2.24) is 10.2 Å². The molecule has 1 atom stereocenters.